The summed E-state index contributed by atoms with van der Waals surface area (Å²) in [7, 11) is 1.79. The van der Waals surface area contributed by atoms with Gasteiger partial charge in [0.25, 0.3) is 0 Å². The van der Waals surface area contributed by atoms with E-state index >= 15 is 0 Å². The lowest BCUT2D eigenvalue weighted by atomic mass is 9.64. The van der Waals surface area contributed by atoms with Crippen LogP contribution < -0.4 is 5.32 Å². The van der Waals surface area contributed by atoms with Gasteiger partial charge in [-0.3, -0.25) is 0 Å². The van der Waals surface area contributed by atoms with Crippen LogP contribution in [0.4, 0.5) is 0 Å². The maximum Gasteiger partial charge on any atom is 0.0652 e. The van der Waals surface area contributed by atoms with Crippen molar-refractivity contribution in [1.82, 2.24) is 5.32 Å². The summed E-state index contributed by atoms with van der Waals surface area (Å²) in [5.74, 6) is 0. The first-order valence-corrected chi connectivity index (χ1v) is 7.89. The standard InChI is InChI=1S/C16H23Cl2NO/c1-5-13(11-7-6-10(17)8-12(11)18)19-14-9-15(20-4)16(14,2)3/h6-8,13-15,19H,5,9H2,1-4H3. The van der Waals surface area contributed by atoms with Crippen molar-refractivity contribution in [3.63, 3.8) is 0 Å². The molecule has 1 N–H and O–H groups in total. The zero-order valence-corrected chi connectivity index (χ0v) is 14.1. The molecular weight excluding hydrogens is 293 g/mol. The maximum absolute atomic E-state index is 6.33. The molecule has 2 rings (SSSR count). The quantitative estimate of drug-likeness (QED) is 0.838. The van der Waals surface area contributed by atoms with Gasteiger partial charge in [0.1, 0.15) is 0 Å². The summed E-state index contributed by atoms with van der Waals surface area (Å²) in [5, 5.41) is 5.14. The van der Waals surface area contributed by atoms with Crippen molar-refractivity contribution in [2.24, 2.45) is 5.41 Å². The van der Waals surface area contributed by atoms with Crippen LogP contribution in [0.2, 0.25) is 10.0 Å². The first-order chi connectivity index (χ1) is 9.40. The van der Waals surface area contributed by atoms with E-state index in [0.717, 1.165) is 23.4 Å². The number of rotatable bonds is 5. The fourth-order valence-electron chi connectivity index (χ4n) is 3.02. The smallest absolute Gasteiger partial charge is 0.0652 e. The molecule has 3 unspecified atom stereocenters. The van der Waals surface area contributed by atoms with Gasteiger partial charge in [0.2, 0.25) is 0 Å². The summed E-state index contributed by atoms with van der Waals surface area (Å²) in [6.45, 7) is 6.67. The highest BCUT2D eigenvalue weighted by atomic mass is 35.5. The van der Waals surface area contributed by atoms with E-state index in [1.165, 1.54) is 0 Å². The molecule has 112 valence electrons. The Balaban J connectivity index is 2.11. The number of hydrogen-bond donors (Lipinski definition) is 1. The van der Waals surface area contributed by atoms with E-state index in [1.807, 2.05) is 18.2 Å². The second kappa shape index (κ2) is 6.23. The van der Waals surface area contributed by atoms with Gasteiger partial charge in [-0.15, -0.1) is 0 Å². The Morgan fingerprint density at radius 1 is 1.40 bits per heavy atom. The molecule has 1 saturated carbocycles. The fourth-order valence-corrected chi connectivity index (χ4v) is 3.56. The number of halogens is 2. The molecule has 1 aliphatic rings. The molecule has 20 heavy (non-hydrogen) atoms. The van der Waals surface area contributed by atoms with E-state index in [1.54, 1.807) is 7.11 Å². The van der Waals surface area contributed by atoms with Crippen molar-refractivity contribution < 1.29 is 4.74 Å². The van der Waals surface area contributed by atoms with Crippen LogP contribution in [-0.2, 0) is 4.74 Å². The van der Waals surface area contributed by atoms with Crippen molar-refractivity contribution in [2.45, 2.75) is 51.8 Å². The molecule has 0 aromatic heterocycles. The van der Waals surface area contributed by atoms with Gasteiger partial charge in [-0.25, -0.2) is 0 Å². The molecule has 4 heteroatoms. The third-order valence-electron chi connectivity index (χ3n) is 4.61. The van der Waals surface area contributed by atoms with Gasteiger partial charge in [-0.05, 0) is 30.5 Å². The molecule has 2 nitrogen and oxygen atoms in total. The van der Waals surface area contributed by atoms with Crippen LogP contribution in [-0.4, -0.2) is 19.3 Å². The molecule has 0 saturated heterocycles. The molecule has 1 aromatic carbocycles. The second-order valence-electron chi connectivity index (χ2n) is 6.13. The minimum atomic E-state index is 0.154. The van der Waals surface area contributed by atoms with Gasteiger partial charge in [0, 0.05) is 34.7 Å². The van der Waals surface area contributed by atoms with Crippen molar-refractivity contribution in [3.05, 3.63) is 33.8 Å². The topological polar surface area (TPSA) is 21.3 Å². The molecule has 0 amide bonds. The molecule has 0 radical (unpaired) electrons. The SMILES string of the molecule is CCC(NC1CC(OC)C1(C)C)c1ccc(Cl)cc1Cl. The van der Waals surface area contributed by atoms with Crippen LogP contribution >= 0.6 is 23.2 Å². The maximum atomic E-state index is 6.33. The Morgan fingerprint density at radius 3 is 2.60 bits per heavy atom. The van der Waals surface area contributed by atoms with E-state index < -0.39 is 0 Å². The predicted molar refractivity (Wildman–Crippen MR) is 85.6 cm³/mol. The van der Waals surface area contributed by atoms with Crippen LogP contribution in [0.15, 0.2) is 18.2 Å². The molecule has 0 bridgehead atoms. The lowest BCUT2D eigenvalue weighted by Gasteiger charge is -2.52. The zero-order valence-electron chi connectivity index (χ0n) is 12.5. The monoisotopic (exact) mass is 315 g/mol. The van der Waals surface area contributed by atoms with Crippen molar-refractivity contribution in [1.29, 1.82) is 0 Å². The highest BCUT2D eigenvalue weighted by Crippen LogP contribution is 2.44. The van der Waals surface area contributed by atoms with E-state index in [4.69, 9.17) is 27.9 Å². The van der Waals surface area contributed by atoms with Crippen molar-refractivity contribution in [3.8, 4) is 0 Å². The number of nitrogens with one attached hydrogen (secondary N) is 1. The Morgan fingerprint density at radius 2 is 2.10 bits per heavy atom. The Kier molecular flexibility index (Phi) is 5.01. The van der Waals surface area contributed by atoms with Gasteiger partial charge in [0.15, 0.2) is 0 Å². The molecule has 1 aromatic rings. The summed E-state index contributed by atoms with van der Waals surface area (Å²) in [6, 6.07) is 6.43. The molecule has 1 aliphatic carbocycles. The number of methoxy groups -OCH3 is 1. The summed E-state index contributed by atoms with van der Waals surface area (Å²) >= 11 is 12.3. The Bertz CT molecular complexity index is 476. The number of benzene rings is 1. The van der Waals surface area contributed by atoms with Crippen LogP contribution in [0.1, 0.15) is 45.2 Å². The lowest BCUT2D eigenvalue weighted by Crippen LogP contribution is -2.61. The van der Waals surface area contributed by atoms with Crippen molar-refractivity contribution >= 4 is 23.2 Å². The van der Waals surface area contributed by atoms with E-state index in [-0.39, 0.29) is 11.5 Å². The number of hydrogen-bond acceptors (Lipinski definition) is 2. The second-order valence-corrected chi connectivity index (χ2v) is 6.97. The fraction of sp³-hybridized carbons (Fsp3) is 0.625. The molecule has 0 spiro atoms. The van der Waals surface area contributed by atoms with Gasteiger partial charge < -0.3 is 10.1 Å². The summed E-state index contributed by atoms with van der Waals surface area (Å²) < 4.78 is 5.51. The first-order valence-electron chi connectivity index (χ1n) is 7.14. The van der Waals surface area contributed by atoms with Crippen LogP contribution in [0.25, 0.3) is 0 Å². The normalized spacial score (nSPS) is 26.1. The van der Waals surface area contributed by atoms with Gasteiger partial charge in [-0.2, -0.15) is 0 Å². The highest BCUT2D eigenvalue weighted by molar-refractivity contribution is 6.35. The Hall–Kier alpha value is -0.280. The van der Waals surface area contributed by atoms with Gasteiger partial charge >= 0.3 is 0 Å². The molecule has 1 fully saturated rings. The average molecular weight is 316 g/mol. The third-order valence-corrected chi connectivity index (χ3v) is 5.17. The van der Waals surface area contributed by atoms with E-state index in [9.17, 15) is 0 Å². The minimum absolute atomic E-state index is 0.154. The van der Waals surface area contributed by atoms with Crippen molar-refractivity contribution in [2.75, 3.05) is 7.11 Å². The Labute approximate surface area is 131 Å². The van der Waals surface area contributed by atoms with E-state index in [0.29, 0.717) is 17.2 Å². The minimum Gasteiger partial charge on any atom is -0.381 e. The van der Waals surface area contributed by atoms with Crippen LogP contribution in [0.3, 0.4) is 0 Å². The highest BCUT2D eigenvalue weighted by Gasteiger charge is 2.48. The zero-order chi connectivity index (χ0) is 14.9. The van der Waals surface area contributed by atoms with Gasteiger partial charge in [0.05, 0.1) is 6.10 Å². The average Bonchev–Trinajstić information content (AvgIpc) is 2.39. The largest absolute Gasteiger partial charge is 0.381 e. The number of ether oxygens (including phenoxy) is 1. The molecule has 0 aliphatic heterocycles. The predicted octanol–water partition coefficient (Wildman–Crippen LogP) is 4.85. The molecule has 0 heterocycles. The molecular formula is C16H23Cl2NO. The summed E-state index contributed by atoms with van der Waals surface area (Å²) in [5.41, 5.74) is 1.27. The van der Waals surface area contributed by atoms with Crippen LogP contribution in [0.5, 0.6) is 0 Å². The summed E-state index contributed by atoms with van der Waals surface area (Å²) in [6.07, 6.45) is 2.37. The van der Waals surface area contributed by atoms with Crippen LogP contribution in [0, 0.1) is 5.41 Å². The third kappa shape index (κ3) is 2.99. The van der Waals surface area contributed by atoms with E-state index in [2.05, 4.69) is 26.1 Å². The molecule has 3 atom stereocenters. The lowest BCUT2D eigenvalue weighted by molar-refractivity contribution is -0.100. The summed E-state index contributed by atoms with van der Waals surface area (Å²) in [4.78, 5) is 0. The first kappa shape index (κ1) is 16.1. The van der Waals surface area contributed by atoms with Gasteiger partial charge in [-0.1, -0.05) is 50.0 Å².